The van der Waals surface area contributed by atoms with Crippen molar-refractivity contribution in [3.8, 4) is 5.75 Å². The smallest absolute Gasteiger partial charge is 0.338 e. The Kier molecular flexibility index (Phi) is 4.87. The van der Waals surface area contributed by atoms with Crippen molar-refractivity contribution >= 4 is 29.2 Å². The molecule has 0 unspecified atom stereocenters. The van der Waals surface area contributed by atoms with E-state index in [1.165, 1.54) is 5.01 Å². The largest absolute Gasteiger partial charge is 0.497 e. The van der Waals surface area contributed by atoms with E-state index in [1.807, 2.05) is 11.0 Å². The summed E-state index contributed by atoms with van der Waals surface area (Å²) in [6, 6.07) is 14.0. The number of anilines is 1. The molecule has 2 aliphatic heterocycles. The zero-order valence-corrected chi connectivity index (χ0v) is 16.2. The summed E-state index contributed by atoms with van der Waals surface area (Å²) in [7, 11) is 1.59. The quantitative estimate of drug-likeness (QED) is 0.830. The third-order valence-electron chi connectivity index (χ3n) is 5.18. The number of piperidine rings is 1. The number of likely N-dealkylation sites (tertiary alicyclic amines) is 1. The van der Waals surface area contributed by atoms with Gasteiger partial charge >= 0.3 is 6.03 Å². The fourth-order valence-corrected chi connectivity index (χ4v) is 3.78. The standard InChI is InChI=1S/C20H21ClN4O3/c1-28-17-7-5-14(6-8-17)18(26)24-11-9-20(10-12-24)22-19(27)25(23-20)16-4-2-3-15(21)13-16/h2-8,13,23H,9-12H2,1H3,(H,22,27). The minimum Gasteiger partial charge on any atom is -0.497 e. The zero-order chi connectivity index (χ0) is 19.7. The first kappa shape index (κ1) is 18.6. The van der Waals surface area contributed by atoms with Crippen LogP contribution in [0.5, 0.6) is 5.75 Å². The lowest BCUT2D eigenvalue weighted by Crippen LogP contribution is -2.58. The molecule has 2 N–H and O–H groups in total. The Morgan fingerprint density at radius 3 is 2.50 bits per heavy atom. The maximum atomic E-state index is 12.7. The first-order chi connectivity index (χ1) is 13.5. The minimum atomic E-state index is -0.559. The highest BCUT2D eigenvalue weighted by molar-refractivity contribution is 6.30. The third-order valence-corrected chi connectivity index (χ3v) is 5.42. The number of ether oxygens (including phenoxy) is 1. The number of nitrogens with one attached hydrogen (secondary N) is 2. The highest BCUT2D eigenvalue weighted by Gasteiger charge is 2.45. The van der Waals surface area contributed by atoms with Gasteiger partial charge in [-0.3, -0.25) is 4.79 Å². The van der Waals surface area contributed by atoms with Gasteiger partial charge < -0.3 is 15.0 Å². The van der Waals surface area contributed by atoms with Crippen LogP contribution in [0.3, 0.4) is 0 Å². The van der Waals surface area contributed by atoms with Crippen LogP contribution in [-0.2, 0) is 0 Å². The predicted octanol–water partition coefficient (Wildman–Crippen LogP) is 3.02. The molecular weight excluding hydrogens is 380 g/mol. The molecule has 0 saturated carbocycles. The summed E-state index contributed by atoms with van der Waals surface area (Å²) in [5, 5.41) is 5.07. The fourth-order valence-electron chi connectivity index (χ4n) is 3.59. The second kappa shape index (κ2) is 7.33. The van der Waals surface area contributed by atoms with Gasteiger partial charge in [-0.15, -0.1) is 0 Å². The summed E-state index contributed by atoms with van der Waals surface area (Å²) in [5.74, 6) is 0.696. The van der Waals surface area contributed by atoms with Crippen molar-refractivity contribution in [3.05, 3.63) is 59.1 Å². The molecule has 0 radical (unpaired) electrons. The van der Waals surface area contributed by atoms with Gasteiger partial charge in [0.2, 0.25) is 0 Å². The molecule has 146 valence electrons. The lowest BCUT2D eigenvalue weighted by Gasteiger charge is -2.38. The van der Waals surface area contributed by atoms with Crippen LogP contribution in [0, 0.1) is 0 Å². The number of rotatable bonds is 3. The fraction of sp³-hybridized carbons (Fsp3) is 0.300. The Morgan fingerprint density at radius 1 is 1.14 bits per heavy atom. The van der Waals surface area contributed by atoms with Gasteiger partial charge in [0.1, 0.15) is 11.4 Å². The Hall–Kier alpha value is -2.77. The molecule has 2 aromatic carbocycles. The van der Waals surface area contributed by atoms with E-state index in [0.29, 0.717) is 48.0 Å². The number of amides is 3. The molecule has 1 spiro atoms. The van der Waals surface area contributed by atoms with E-state index in [2.05, 4.69) is 10.7 Å². The topological polar surface area (TPSA) is 73.9 Å². The number of halogens is 1. The third kappa shape index (κ3) is 3.50. The lowest BCUT2D eigenvalue weighted by molar-refractivity contribution is 0.0640. The van der Waals surface area contributed by atoms with Gasteiger partial charge in [0.05, 0.1) is 12.8 Å². The Morgan fingerprint density at radius 2 is 1.86 bits per heavy atom. The maximum Gasteiger partial charge on any atom is 0.338 e. The number of hydrogen-bond donors (Lipinski definition) is 2. The van der Waals surface area contributed by atoms with Gasteiger partial charge in [-0.05, 0) is 42.5 Å². The van der Waals surface area contributed by atoms with Crippen molar-refractivity contribution in [3.63, 3.8) is 0 Å². The lowest BCUT2D eigenvalue weighted by atomic mass is 9.97. The number of carbonyl (C=O) groups excluding carboxylic acids is 2. The van der Waals surface area contributed by atoms with Crippen LogP contribution >= 0.6 is 11.6 Å². The molecule has 2 heterocycles. The number of carbonyl (C=O) groups is 2. The van der Waals surface area contributed by atoms with Crippen LogP contribution in [0.15, 0.2) is 48.5 Å². The van der Waals surface area contributed by atoms with E-state index in [0.717, 1.165) is 0 Å². The van der Waals surface area contributed by atoms with Crippen molar-refractivity contribution < 1.29 is 14.3 Å². The number of methoxy groups -OCH3 is 1. The van der Waals surface area contributed by atoms with Gasteiger partial charge in [-0.25, -0.2) is 15.2 Å². The highest BCUT2D eigenvalue weighted by atomic mass is 35.5. The normalized spacial score (nSPS) is 18.3. The van der Waals surface area contributed by atoms with Crippen LogP contribution in [0.25, 0.3) is 0 Å². The van der Waals surface area contributed by atoms with Gasteiger partial charge in [-0.2, -0.15) is 0 Å². The molecule has 0 bridgehead atoms. The molecule has 0 atom stereocenters. The van der Waals surface area contributed by atoms with Crippen LogP contribution in [0.4, 0.5) is 10.5 Å². The summed E-state index contributed by atoms with van der Waals surface area (Å²) in [6.07, 6.45) is 1.22. The van der Waals surface area contributed by atoms with E-state index >= 15 is 0 Å². The maximum absolute atomic E-state index is 12.7. The number of nitrogens with zero attached hydrogens (tertiary/aromatic N) is 2. The summed E-state index contributed by atoms with van der Waals surface area (Å²) in [4.78, 5) is 27.0. The minimum absolute atomic E-state index is 0.0199. The molecule has 8 heteroatoms. The SMILES string of the molecule is COc1ccc(C(=O)N2CCC3(CC2)NC(=O)N(c2cccc(Cl)c2)N3)cc1. The summed E-state index contributed by atoms with van der Waals surface area (Å²) in [6.45, 7) is 1.09. The molecule has 0 aliphatic carbocycles. The molecule has 0 aromatic heterocycles. The van der Waals surface area contributed by atoms with Crippen LogP contribution < -0.4 is 20.5 Å². The molecule has 28 heavy (non-hydrogen) atoms. The number of hydrazine groups is 1. The Labute approximate surface area is 168 Å². The monoisotopic (exact) mass is 400 g/mol. The van der Waals surface area contributed by atoms with Gasteiger partial charge in [0, 0.05) is 36.5 Å². The van der Waals surface area contributed by atoms with Gasteiger partial charge in [-0.1, -0.05) is 17.7 Å². The highest BCUT2D eigenvalue weighted by Crippen LogP contribution is 2.29. The van der Waals surface area contributed by atoms with Gasteiger partial charge in [0.25, 0.3) is 5.91 Å². The van der Waals surface area contributed by atoms with Crippen LogP contribution in [-0.4, -0.2) is 42.7 Å². The van der Waals surface area contributed by atoms with Crippen LogP contribution in [0.2, 0.25) is 5.02 Å². The summed E-state index contributed by atoms with van der Waals surface area (Å²) < 4.78 is 5.14. The molecule has 3 amide bonds. The van der Waals surface area contributed by atoms with Crippen molar-refractivity contribution in [1.82, 2.24) is 15.6 Å². The Balaban J connectivity index is 1.42. The second-order valence-electron chi connectivity index (χ2n) is 6.96. The van der Waals surface area contributed by atoms with Crippen molar-refractivity contribution in [1.29, 1.82) is 0 Å². The van der Waals surface area contributed by atoms with Gasteiger partial charge in [0.15, 0.2) is 0 Å². The van der Waals surface area contributed by atoms with E-state index in [-0.39, 0.29) is 11.9 Å². The predicted molar refractivity (Wildman–Crippen MR) is 106 cm³/mol. The molecule has 4 rings (SSSR count). The second-order valence-corrected chi connectivity index (χ2v) is 7.40. The van der Waals surface area contributed by atoms with E-state index in [1.54, 1.807) is 49.6 Å². The summed E-state index contributed by atoms with van der Waals surface area (Å²) in [5.41, 5.74) is 4.02. The average molecular weight is 401 g/mol. The van der Waals surface area contributed by atoms with E-state index < -0.39 is 5.66 Å². The first-order valence-electron chi connectivity index (χ1n) is 9.09. The molecule has 2 aromatic rings. The first-order valence-corrected chi connectivity index (χ1v) is 9.46. The number of hydrogen-bond acceptors (Lipinski definition) is 4. The molecule has 7 nitrogen and oxygen atoms in total. The summed E-state index contributed by atoms with van der Waals surface area (Å²) >= 11 is 6.04. The van der Waals surface area contributed by atoms with Crippen LogP contribution in [0.1, 0.15) is 23.2 Å². The van der Waals surface area contributed by atoms with E-state index in [9.17, 15) is 9.59 Å². The van der Waals surface area contributed by atoms with Crippen molar-refractivity contribution in [2.24, 2.45) is 0 Å². The van der Waals surface area contributed by atoms with Crippen molar-refractivity contribution in [2.45, 2.75) is 18.5 Å². The number of urea groups is 1. The Bertz CT molecular complexity index is 895. The molecule has 2 saturated heterocycles. The molecule has 2 fully saturated rings. The zero-order valence-electron chi connectivity index (χ0n) is 15.4. The van der Waals surface area contributed by atoms with E-state index in [4.69, 9.17) is 16.3 Å². The molecular formula is C20H21ClN4O3. The average Bonchev–Trinajstić information content (AvgIpc) is 3.04. The number of benzene rings is 2. The van der Waals surface area contributed by atoms with Crippen molar-refractivity contribution in [2.75, 3.05) is 25.2 Å². The molecule has 2 aliphatic rings.